The molecule has 1 N–H and O–H groups in total. The standard InChI is InChI=1S/C10H19NO/c1-5-8(2)11-10(4)6-7-12-9(10)3/h5,8-9,11H,1,6-7H2,2-4H3. The lowest BCUT2D eigenvalue weighted by molar-refractivity contribution is 0.0869. The highest BCUT2D eigenvalue weighted by Crippen LogP contribution is 2.25. The van der Waals surface area contributed by atoms with Gasteiger partial charge in [0.15, 0.2) is 0 Å². The van der Waals surface area contributed by atoms with Crippen LogP contribution in [0, 0.1) is 0 Å². The van der Waals surface area contributed by atoms with Gasteiger partial charge >= 0.3 is 0 Å². The summed E-state index contributed by atoms with van der Waals surface area (Å²) in [5.41, 5.74) is 0.133. The van der Waals surface area contributed by atoms with Crippen molar-refractivity contribution in [1.29, 1.82) is 0 Å². The van der Waals surface area contributed by atoms with Crippen LogP contribution in [0.15, 0.2) is 12.7 Å². The zero-order valence-electron chi connectivity index (χ0n) is 8.26. The largest absolute Gasteiger partial charge is 0.377 e. The van der Waals surface area contributed by atoms with E-state index in [2.05, 4.69) is 32.7 Å². The van der Waals surface area contributed by atoms with Gasteiger partial charge in [-0.3, -0.25) is 0 Å². The van der Waals surface area contributed by atoms with Crippen molar-refractivity contribution in [2.45, 2.75) is 44.9 Å². The van der Waals surface area contributed by atoms with Crippen molar-refractivity contribution < 1.29 is 4.74 Å². The van der Waals surface area contributed by atoms with Crippen LogP contribution in [0.4, 0.5) is 0 Å². The summed E-state index contributed by atoms with van der Waals surface area (Å²) in [5, 5.41) is 3.51. The van der Waals surface area contributed by atoms with Gasteiger partial charge in [-0.05, 0) is 27.2 Å². The average molecular weight is 169 g/mol. The van der Waals surface area contributed by atoms with Crippen LogP contribution in [0.2, 0.25) is 0 Å². The van der Waals surface area contributed by atoms with Crippen LogP contribution < -0.4 is 5.32 Å². The van der Waals surface area contributed by atoms with Gasteiger partial charge in [0.05, 0.1) is 6.10 Å². The van der Waals surface area contributed by atoms with Crippen molar-refractivity contribution in [3.63, 3.8) is 0 Å². The van der Waals surface area contributed by atoms with Gasteiger partial charge in [-0.25, -0.2) is 0 Å². The summed E-state index contributed by atoms with van der Waals surface area (Å²) < 4.78 is 5.52. The molecule has 1 saturated heterocycles. The van der Waals surface area contributed by atoms with E-state index in [9.17, 15) is 0 Å². The van der Waals surface area contributed by atoms with E-state index in [0.717, 1.165) is 13.0 Å². The van der Waals surface area contributed by atoms with Gasteiger partial charge in [0.25, 0.3) is 0 Å². The molecule has 0 saturated carbocycles. The van der Waals surface area contributed by atoms with E-state index < -0.39 is 0 Å². The molecule has 0 aromatic carbocycles. The molecule has 3 unspecified atom stereocenters. The van der Waals surface area contributed by atoms with Crippen molar-refractivity contribution in [1.82, 2.24) is 5.32 Å². The van der Waals surface area contributed by atoms with E-state index in [1.54, 1.807) is 0 Å². The molecule has 0 aromatic heterocycles. The third-order valence-corrected chi connectivity index (χ3v) is 2.80. The maximum atomic E-state index is 5.52. The van der Waals surface area contributed by atoms with Crippen LogP contribution in [0.1, 0.15) is 27.2 Å². The SMILES string of the molecule is C=CC(C)NC1(C)CCOC1C. The fourth-order valence-corrected chi connectivity index (χ4v) is 1.60. The zero-order valence-corrected chi connectivity index (χ0v) is 8.26. The molecular formula is C10H19NO. The molecule has 1 heterocycles. The van der Waals surface area contributed by atoms with Crippen LogP contribution in [-0.4, -0.2) is 24.3 Å². The molecule has 0 radical (unpaired) electrons. The number of nitrogens with one attached hydrogen (secondary N) is 1. The van der Waals surface area contributed by atoms with Crippen molar-refractivity contribution >= 4 is 0 Å². The van der Waals surface area contributed by atoms with Crippen molar-refractivity contribution in [3.05, 3.63) is 12.7 Å². The van der Waals surface area contributed by atoms with Gasteiger partial charge < -0.3 is 10.1 Å². The van der Waals surface area contributed by atoms with E-state index in [0.29, 0.717) is 12.1 Å². The summed E-state index contributed by atoms with van der Waals surface area (Å²) in [6.07, 6.45) is 3.32. The molecule has 1 aliphatic heterocycles. The Bertz CT molecular complexity index is 169. The Morgan fingerprint density at radius 2 is 2.42 bits per heavy atom. The first-order chi connectivity index (χ1) is 5.58. The lowest BCUT2D eigenvalue weighted by Gasteiger charge is -2.31. The third-order valence-electron chi connectivity index (χ3n) is 2.80. The summed E-state index contributed by atoms with van der Waals surface area (Å²) in [5.74, 6) is 0. The monoisotopic (exact) mass is 169 g/mol. The highest BCUT2D eigenvalue weighted by molar-refractivity contribution is 4.98. The van der Waals surface area contributed by atoms with Gasteiger partial charge in [-0.15, -0.1) is 6.58 Å². The van der Waals surface area contributed by atoms with Crippen LogP contribution in [0.5, 0.6) is 0 Å². The van der Waals surface area contributed by atoms with E-state index in [-0.39, 0.29) is 5.54 Å². The fraction of sp³-hybridized carbons (Fsp3) is 0.800. The quantitative estimate of drug-likeness (QED) is 0.649. The van der Waals surface area contributed by atoms with Gasteiger partial charge in [-0.1, -0.05) is 6.08 Å². The predicted octanol–water partition coefficient (Wildman–Crippen LogP) is 1.72. The highest BCUT2D eigenvalue weighted by Gasteiger charge is 2.37. The summed E-state index contributed by atoms with van der Waals surface area (Å²) in [4.78, 5) is 0. The van der Waals surface area contributed by atoms with Gasteiger partial charge in [0.1, 0.15) is 0 Å². The molecule has 0 aliphatic carbocycles. The maximum Gasteiger partial charge on any atom is 0.0726 e. The molecule has 0 aromatic rings. The van der Waals surface area contributed by atoms with Crippen LogP contribution in [-0.2, 0) is 4.74 Å². The van der Waals surface area contributed by atoms with Crippen LogP contribution in [0.3, 0.4) is 0 Å². The molecular weight excluding hydrogens is 150 g/mol. The normalized spacial score (nSPS) is 38.1. The second-order valence-corrected chi connectivity index (χ2v) is 3.85. The van der Waals surface area contributed by atoms with Crippen molar-refractivity contribution in [2.75, 3.05) is 6.61 Å². The summed E-state index contributed by atoms with van der Waals surface area (Å²) in [7, 11) is 0. The minimum Gasteiger partial charge on any atom is -0.377 e. The molecule has 2 heteroatoms. The Hall–Kier alpha value is -0.340. The summed E-state index contributed by atoms with van der Waals surface area (Å²) >= 11 is 0. The molecule has 1 fully saturated rings. The van der Waals surface area contributed by atoms with E-state index in [1.807, 2.05) is 6.08 Å². The second-order valence-electron chi connectivity index (χ2n) is 3.85. The average Bonchev–Trinajstić information content (AvgIpc) is 2.32. The molecule has 1 aliphatic rings. The Morgan fingerprint density at radius 1 is 1.75 bits per heavy atom. The lowest BCUT2D eigenvalue weighted by Crippen LogP contribution is -2.51. The highest BCUT2D eigenvalue weighted by atomic mass is 16.5. The fourth-order valence-electron chi connectivity index (χ4n) is 1.60. The van der Waals surface area contributed by atoms with Crippen molar-refractivity contribution in [2.24, 2.45) is 0 Å². The van der Waals surface area contributed by atoms with E-state index in [1.165, 1.54) is 0 Å². The Morgan fingerprint density at radius 3 is 2.83 bits per heavy atom. The first-order valence-corrected chi connectivity index (χ1v) is 4.60. The molecule has 12 heavy (non-hydrogen) atoms. The second kappa shape index (κ2) is 3.58. The summed E-state index contributed by atoms with van der Waals surface area (Å²) in [6.45, 7) is 11.1. The number of hydrogen-bond acceptors (Lipinski definition) is 2. The minimum atomic E-state index is 0.133. The van der Waals surface area contributed by atoms with Gasteiger partial charge in [-0.2, -0.15) is 0 Å². The number of rotatable bonds is 3. The molecule has 0 bridgehead atoms. The maximum absolute atomic E-state index is 5.52. The Kier molecular flexibility index (Phi) is 2.91. The minimum absolute atomic E-state index is 0.133. The summed E-state index contributed by atoms with van der Waals surface area (Å²) in [6, 6.07) is 0.360. The third kappa shape index (κ3) is 1.87. The zero-order chi connectivity index (χ0) is 9.19. The first kappa shape index (κ1) is 9.75. The molecule has 0 amide bonds. The smallest absolute Gasteiger partial charge is 0.0726 e. The predicted molar refractivity (Wildman–Crippen MR) is 51.2 cm³/mol. The van der Waals surface area contributed by atoms with Gasteiger partial charge in [0.2, 0.25) is 0 Å². The Balaban J connectivity index is 2.53. The lowest BCUT2D eigenvalue weighted by atomic mass is 9.94. The molecule has 0 spiro atoms. The number of hydrogen-bond donors (Lipinski definition) is 1. The number of ether oxygens (including phenoxy) is 1. The topological polar surface area (TPSA) is 21.3 Å². The van der Waals surface area contributed by atoms with E-state index >= 15 is 0 Å². The first-order valence-electron chi connectivity index (χ1n) is 4.60. The van der Waals surface area contributed by atoms with Crippen molar-refractivity contribution in [3.8, 4) is 0 Å². The van der Waals surface area contributed by atoms with Gasteiger partial charge in [0, 0.05) is 18.2 Å². The Labute approximate surface area is 75.0 Å². The molecule has 3 atom stereocenters. The molecule has 2 nitrogen and oxygen atoms in total. The van der Waals surface area contributed by atoms with E-state index in [4.69, 9.17) is 4.74 Å². The molecule has 70 valence electrons. The van der Waals surface area contributed by atoms with Crippen LogP contribution >= 0.6 is 0 Å². The molecule has 1 rings (SSSR count). The van der Waals surface area contributed by atoms with Crippen LogP contribution in [0.25, 0.3) is 0 Å².